The Hall–Kier alpha value is -5.30. The lowest BCUT2D eigenvalue weighted by atomic mass is 10.1. The van der Waals surface area contributed by atoms with Crippen LogP contribution in [0.4, 0.5) is 11.4 Å². The maximum Gasteiger partial charge on any atom is 0.272 e. The van der Waals surface area contributed by atoms with Crippen LogP contribution < -0.4 is 10.6 Å². The van der Waals surface area contributed by atoms with Gasteiger partial charge in [-0.25, -0.2) is 5.10 Å². The van der Waals surface area contributed by atoms with Gasteiger partial charge in [0.15, 0.2) is 5.82 Å². The molecule has 0 aliphatic rings. The number of anilines is 2. The highest BCUT2D eigenvalue weighted by Gasteiger charge is 2.17. The second kappa shape index (κ2) is 10.5. The van der Waals surface area contributed by atoms with Crippen molar-refractivity contribution in [2.24, 2.45) is 0 Å². The number of nitrogens with one attached hydrogen (secondary N) is 4. The van der Waals surface area contributed by atoms with Gasteiger partial charge in [-0.15, -0.1) is 5.10 Å². The lowest BCUT2D eigenvalue weighted by Gasteiger charge is -2.09. The SMILES string of the molecule is N#Cc1ccc(NC(=O)c2cc3cccc(NC(=O)CCCc4ccccc4)c3[nH]2)c(-c2nnn[nH]2)c1. The summed E-state index contributed by atoms with van der Waals surface area (Å²) in [7, 11) is 0. The first-order chi connectivity index (χ1) is 18.1. The van der Waals surface area contributed by atoms with E-state index >= 15 is 0 Å². The fourth-order valence-corrected chi connectivity index (χ4v) is 4.07. The summed E-state index contributed by atoms with van der Waals surface area (Å²) in [4.78, 5) is 28.8. The zero-order valence-corrected chi connectivity index (χ0v) is 19.7. The zero-order valence-electron chi connectivity index (χ0n) is 19.7. The largest absolute Gasteiger partial charge is 0.349 e. The number of aromatic nitrogens is 5. The van der Waals surface area contributed by atoms with E-state index in [1.54, 1.807) is 30.3 Å². The van der Waals surface area contributed by atoms with Crippen LogP contribution in [0.25, 0.3) is 22.3 Å². The molecule has 0 unspecified atom stereocenters. The number of carbonyl (C=O) groups is 2. The van der Waals surface area contributed by atoms with Crippen molar-refractivity contribution in [3.8, 4) is 17.5 Å². The summed E-state index contributed by atoms with van der Waals surface area (Å²) < 4.78 is 0. The minimum atomic E-state index is -0.394. The smallest absolute Gasteiger partial charge is 0.272 e. The van der Waals surface area contributed by atoms with E-state index in [0.717, 1.165) is 18.2 Å². The maximum atomic E-state index is 13.1. The van der Waals surface area contributed by atoms with Gasteiger partial charge in [0.25, 0.3) is 5.91 Å². The van der Waals surface area contributed by atoms with E-state index in [0.29, 0.717) is 46.0 Å². The Kier molecular flexibility index (Phi) is 6.67. The van der Waals surface area contributed by atoms with Crippen molar-refractivity contribution in [1.29, 1.82) is 5.26 Å². The molecule has 0 saturated heterocycles. The summed E-state index contributed by atoms with van der Waals surface area (Å²) in [5.74, 6) is -0.164. The summed E-state index contributed by atoms with van der Waals surface area (Å²) in [5.41, 5.74) is 4.09. The van der Waals surface area contributed by atoms with Crippen LogP contribution in [0.5, 0.6) is 0 Å². The third kappa shape index (κ3) is 5.36. The predicted molar refractivity (Wildman–Crippen MR) is 139 cm³/mol. The van der Waals surface area contributed by atoms with Crippen LogP contribution in [0.15, 0.2) is 72.8 Å². The second-order valence-electron chi connectivity index (χ2n) is 8.42. The number of rotatable bonds is 8. The van der Waals surface area contributed by atoms with E-state index in [4.69, 9.17) is 0 Å². The van der Waals surface area contributed by atoms with E-state index in [1.807, 2.05) is 42.5 Å². The van der Waals surface area contributed by atoms with Crippen LogP contribution in [0.2, 0.25) is 0 Å². The van der Waals surface area contributed by atoms with Gasteiger partial charge >= 0.3 is 0 Å². The molecule has 10 heteroatoms. The molecule has 0 atom stereocenters. The number of nitriles is 1. The van der Waals surface area contributed by atoms with Crippen LogP contribution >= 0.6 is 0 Å². The maximum absolute atomic E-state index is 13.1. The number of hydrogen-bond acceptors (Lipinski definition) is 6. The van der Waals surface area contributed by atoms with Crippen LogP contribution in [-0.2, 0) is 11.2 Å². The Morgan fingerprint density at radius 2 is 1.81 bits per heavy atom. The Morgan fingerprint density at radius 3 is 2.59 bits per heavy atom. The number of benzene rings is 3. The molecular formula is C27H22N8O2. The molecule has 0 aliphatic heterocycles. The van der Waals surface area contributed by atoms with Crippen molar-refractivity contribution >= 4 is 34.1 Å². The fourth-order valence-electron chi connectivity index (χ4n) is 4.07. The highest BCUT2D eigenvalue weighted by molar-refractivity contribution is 6.09. The number of hydrogen-bond donors (Lipinski definition) is 4. The average Bonchev–Trinajstić information content (AvgIpc) is 3.61. The van der Waals surface area contributed by atoms with E-state index in [2.05, 4.69) is 42.3 Å². The fraction of sp³-hybridized carbons (Fsp3) is 0.111. The third-order valence-electron chi connectivity index (χ3n) is 5.88. The molecule has 3 aromatic carbocycles. The average molecular weight is 491 g/mol. The van der Waals surface area contributed by atoms with E-state index in [-0.39, 0.29) is 5.91 Å². The molecule has 4 N–H and O–H groups in total. The minimum absolute atomic E-state index is 0.0908. The molecule has 10 nitrogen and oxygen atoms in total. The Morgan fingerprint density at radius 1 is 0.946 bits per heavy atom. The highest BCUT2D eigenvalue weighted by Crippen LogP contribution is 2.28. The van der Waals surface area contributed by atoms with E-state index < -0.39 is 5.91 Å². The molecule has 2 aromatic heterocycles. The molecule has 2 amide bonds. The number of carbonyl (C=O) groups excluding carboxylic acids is 2. The topological polar surface area (TPSA) is 152 Å². The summed E-state index contributed by atoms with van der Waals surface area (Å²) in [6.45, 7) is 0. The number of H-pyrrole nitrogens is 2. The summed E-state index contributed by atoms with van der Waals surface area (Å²) in [5, 5.41) is 29.5. The van der Waals surface area contributed by atoms with Gasteiger partial charge < -0.3 is 15.6 Å². The van der Waals surface area contributed by atoms with E-state index in [9.17, 15) is 14.9 Å². The Labute approximate surface area is 211 Å². The van der Waals surface area contributed by atoms with Crippen molar-refractivity contribution in [2.75, 3.05) is 10.6 Å². The molecule has 0 spiro atoms. The van der Waals surface area contributed by atoms with Crippen LogP contribution in [0.3, 0.4) is 0 Å². The zero-order chi connectivity index (χ0) is 25.6. The molecule has 2 heterocycles. The molecule has 182 valence electrons. The molecule has 0 radical (unpaired) electrons. The Bertz CT molecular complexity index is 1600. The van der Waals surface area contributed by atoms with Crippen molar-refractivity contribution < 1.29 is 9.59 Å². The molecule has 0 aliphatic carbocycles. The van der Waals surface area contributed by atoms with Crippen molar-refractivity contribution in [3.63, 3.8) is 0 Å². The van der Waals surface area contributed by atoms with Crippen LogP contribution in [-0.4, -0.2) is 37.4 Å². The number of aromatic amines is 2. The van der Waals surface area contributed by atoms with Gasteiger partial charge in [0.05, 0.1) is 28.5 Å². The first kappa shape index (κ1) is 23.4. The van der Waals surface area contributed by atoms with Crippen molar-refractivity contribution in [1.82, 2.24) is 25.6 Å². The van der Waals surface area contributed by atoms with Gasteiger partial charge in [0.2, 0.25) is 5.91 Å². The quantitative estimate of drug-likeness (QED) is 0.252. The lowest BCUT2D eigenvalue weighted by molar-refractivity contribution is -0.116. The molecule has 0 bridgehead atoms. The highest BCUT2D eigenvalue weighted by atomic mass is 16.2. The first-order valence-electron chi connectivity index (χ1n) is 11.7. The number of para-hydroxylation sites is 1. The number of amides is 2. The van der Waals surface area contributed by atoms with Gasteiger partial charge in [-0.2, -0.15) is 5.26 Å². The molecule has 0 fully saturated rings. The van der Waals surface area contributed by atoms with Crippen molar-refractivity contribution in [3.05, 3.63) is 89.6 Å². The molecule has 0 saturated carbocycles. The van der Waals surface area contributed by atoms with Gasteiger partial charge in [-0.1, -0.05) is 42.5 Å². The van der Waals surface area contributed by atoms with E-state index in [1.165, 1.54) is 5.56 Å². The van der Waals surface area contributed by atoms with Crippen LogP contribution in [0.1, 0.15) is 34.5 Å². The molecule has 5 rings (SSSR count). The number of fused-ring (bicyclic) bond motifs is 1. The summed E-state index contributed by atoms with van der Waals surface area (Å²) >= 11 is 0. The van der Waals surface area contributed by atoms with Gasteiger partial charge in [0, 0.05) is 17.4 Å². The number of nitrogens with zero attached hydrogens (tertiary/aromatic N) is 4. The summed E-state index contributed by atoms with van der Waals surface area (Å²) in [6, 6.07) is 24.1. The van der Waals surface area contributed by atoms with Crippen molar-refractivity contribution in [2.45, 2.75) is 19.3 Å². The normalized spacial score (nSPS) is 10.7. The number of aryl methyl sites for hydroxylation is 1. The summed E-state index contributed by atoms with van der Waals surface area (Å²) in [6.07, 6.45) is 1.95. The number of tetrazole rings is 1. The Balaban J connectivity index is 1.31. The standard InChI is InChI=1S/C27H22N8O2/c28-16-18-12-13-21(20(14-18)26-32-34-35-33-26)31-27(37)23-15-19-9-5-10-22(25(19)30-23)29-24(36)11-4-8-17-6-2-1-3-7-17/h1-3,5-7,9-10,12-15,30H,4,8,11H2,(H,29,36)(H,31,37)(H,32,33,34,35). The lowest BCUT2D eigenvalue weighted by Crippen LogP contribution is -2.13. The molecular weight excluding hydrogens is 468 g/mol. The van der Waals surface area contributed by atoms with Crippen LogP contribution in [0, 0.1) is 11.3 Å². The molecule has 37 heavy (non-hydrogen) atoms. The minimum Gasteiger partial charge on any atom is -0.349 e. The third-order valence-corrected chi connectivity index (χ3v) is 5.88. The second-order valence-corrected chi connectivity index (χ2v) is 8.42. The van der Waals surface area contributed by atoms with Gasteiger partial charge in [0.1, 0.15) is 5.69 Å². The predicted octanol–water partition coefficient (Wildman–Crippen LogP) is 4.43. The molecule has 5 aromatic rings. The monoisotopic (exact) mass is 490 g/mol. The van der Waals surface area contributed by atoms with Gasteiger partial charge in [-0.05, 0) is 59.2 Å². The first-order valence-corrected chi connectivity index (χ1v) is 11.7. The van der Waals surface area contributed by atoms with Gasteiger partial charge in [-0.3, -0.25) is 9.59 Å².